The molecular formula is C18H26N2O5. The molecule has 7 nitrogen and oxygen atoms in total. The molecular weight excluding hydrogens is 324 g/mol. The normalized spacial score (nSPS) is 11.8. The fourth-order valence-corrected chi connectivity index (χ4v) is 1.97. The van der Waals surface area contributed by atoms with Crippen molar-refractivity contribution in [1.82, 2.24) is 4.90 Å². The molecule has 138 valence electrons. The summed E-state index contributed by atoms with van der Waals surface area (Å²) in [4.78, 5) is 25.0. The van der Waals surface area contributed by atoms with Crippen LogP contribution in [0.25, 0.3) is 0 Å². The van der Waals surface area contributed by atoms with Crippen LogP contribution in [0.4, 0.5) is 4.79 Å². The fraction of sp³-hybridized carbons (Fsp3) is 0.500. The molecule has 0 radical (unpaired) electrons. The van der Waals surface area contributed by atoms with E-state index in [0.29, 0.717) is 36.4 Å². The van der Waals surface area contributed by atoms with Crippen LogP contribution in [0.15, 0.2) is 29.4 Å². The average molecular weight is 350 g/mol. The number of nitrogens with zero attached hydrogens (tertiary/aromatic N) is 2. The van der Waals surface area contributed by atoms with Gasteiger partial charge in [0.1, 0.15) is 5.60 Å². The predicted octanol–water partition coefficient (Wildman–Crippen LogP) is 3.30. The number of benzene rings is 1. The molecule has 1 rings (SSSR count). The van der Waals surface area contributed by atoms with Crippen LogP contribution in [0.5, 0.6) is 0 Å². The quantitative estimate of drug-likeness (QED) is 0.368. The smallest absolute Gasteiger partial charge is 0.410 e. The maximum atomic E-state index is 11.9. The van der Waals surface area contributed by atoms with E-state index >= 15 is 0 Å². The van der Waals surface area contributed by atoms with E-state index in [4.69, 9.17) is 9.47 Å². The summed E-state index contributed by atoms with van der Waals surface area (Å²) < 4.78 is 10.2. The van der Waals surface area contributed by atoms with Crippen molar-refractivity contribution >= 4 is 17.8 Å². The van der Waals surface area contributed by atoms with Gasteiger partial charge in [0.2, 0.25) is 0 Å². The summed E-state index contributed by atoms with van der Waals surface area (Å²) >= 11 is 0. The summed E-state index contributed by atoms with van der Waals surface area (Å²) in [7, 11) is 1.62. The first-order valence-corrected chi connectivity index (χ1v) is 8.10. The Labute approximate surface area is 148 Å². The molecule has 1 aromatic carbocycles. The first-order chi connectivity index (χ1) is 11.7. The van der Waals surface area contributed by atoms with Crippen molar-refractivity contribution in [3.63, 3.8) is 0 Å². The van der Waals surface area contributed by atoms with Crippen molar-refractivity contribution in [2.24, 2.45) is 5.16 Å². The minimum atomic E-state index is -0.567. The molecule has 1 amide bonds. The minimum absolute atomic E-state index is 0.306. The topological polar surface area (TPSA) is 88.4 Å². The second-order valence-electron chi connectivity index (χ2n) is 6.50. The maximum Gasteiger partial charge on any atom is 0.410 e. The van der Waals surface area contributed by atoms with Gasteiger partial charge in [0, 0.05) is 20.0 Å². The van der Waals surface area contributed by atoms with E-state index in [9.17, 15) is 14.8 Å². The molecule has 0 saturated heterocycles. The van der Waals surface area contributed by atoms with E-state index in [0.717, 1.165) is 0 Å². The van der Waals surface area contributed by atoms with Crippen molar-refractivity contribution in [2.75, 3.05) is 20.2 Å². The second kappa shape index (κ2) is 9.05. The van der Waals surface area contributed by atoms with Crippen LogP contribution < -0.4 is 0 Å². The fourth-order valence-electron chi connectivity index (χ4n) is 1.97. The molecule has 0 aliphatic heterocycles. The van der Waals surface area contributed by atoms with E-state index in [1.807, 2.05) is 0 Å². The number of carbonyl (C=O) groups excluding carboxylic acids is 2. The van der Waals surface area contributed by atoms with Gasteiger partial charge in [-0.05, 0) is 45.4 Å². The largest absolute Gasteiger partial charge is 0.462 e. The van der Waals surface area contributed by atoms with Crippen LogP contribution in [0.2, 0.25) is 0 Å². The Balaban J connectivity index is 2.68. The highest BCUT2D eigenvalue weighted by Crippen LogP contribution is 2.12. The number of esters is 1. The van der Waals surface area contributed by atoms with Gasteiger partial charge in [0.15, 0.2) is 0 Å². The minimum Gasteiger partial charge on any atom is -0.462 e. The molecule has 0 aliphatic carbocycles. The molecule has 0 aliphatic rings. The highest BCUT2D eigenvalue weighted by Gasteiger charge is 2.20. The summed E-state index contributed by atoms with van der Waals surface area (Å²) in [5, 5.41) is 12.5. The summed E-state index contributed by atoms with van der Waals surface area (Å²) in [6.45, 7) is 7.76. The number of hydrogen-bond donors (Lipinski definition) is 1. The van der Waals surface area contributed by atoms with Crippen LogP contribution in [0.3, 0.4) is 0 Å². The Morgan fingerprint density at radius 2 is 1.72 bits per heavy atom. The third kappa shape index (κ3) is 6.82. The van der Waals surface area contributed by atoms with Gasteiger partial charge in [0.25, 0.3) is 0 Å². The second-order valence-corrected chi connectivity index (χ2v) is 6.50. The first kappa shape index (κ1) is 20.5. The lowest BCUT2D eigenvalue weighted by atomic mass is 10.1. The lowest BCUT2D eigenvalue weighted by Gasteiger charge is -2.24. The predicted molar refractivity (Wildman–Crippen MR) is 94.2 cm³/mol. The number of carbonyl (C=O) groups is 2. The van der Waals surface area contributed by atoms with Gasteiger partial charge >= 0.3 is 12.1 Å². The van der Waals surface area contributed by atoms with Crippen molar-refractivity contribution in [3.05, 3.63) is 35.4 Å². The summed E-state index contributed by atoms with van der Waals surface area (Å²) in [6.07, 6.45) is -0.104. The van der Waals surface area contributed by atoms with Crippen LogP contribution in [-0.2, 0) is 9.47 Å². The van der Waals surface area contributed by atoms with Crippen LogP contribution in [0.1, 0.15) is 50.0 Å². The van der Waals surface area contributed by atoms with Gasteiger partial charge in [-0.2, -0.15) is 0 Å². The molecule has 0 heterocycles. The van der Waals surface area contributed by atoms with Gasteiger partial charge in [-0.15, -0.1) is 0 Å². The van der Waals surface area contributed by atoms with E-state index in [1.165, 1.54) is 4.90 Å². The van der Waals surface area contributed by atoms with Crippen LogP contribution in [0, 0.1) is 0 Å². The highest BCUT2D eigenvalue weighted by atomic mass is 16.6. The number of oxime groups is 1. The van der Waals surface area contributed by atoms with Crippen molar-refractivity contribution in [3.8, 4) is 0 Å². The Kier molecular flexibility index (Phi) is 7.42. The van der Waals surface area contributed by atoms with E-state index in [2.05, 4.69) is 5.16 Å². The monoisotopic (exact) mass is 350 g/mol. The zero-order chi connectivity index (χ0) is 19.0. The van der Waals surface area contributed by atoms with E-state index < -0.39 is 17.7 Å². The van der Waals surface area contributed by atoms with Crippen LogP contribution >= 0.6 is 0 Å². The van der Waals surface area contributed by atoms with E-state index in [1.54, 1.807) is 59.0 Å². The lowest BCUT2D eigenvalue weighted by molar-refractivity contribution is 0.0302. The first-order valence-electron chi connectivity index (χ1n) is 8.10. The zero-order valence-corrected chi connectivity index (χ0v) is 15.4. The molecule has 1 aromatic rings. The molecule has 0 unspecified atom stereocenters. The van der Waals surface area contributed by atoms with Gasteiger partial charge in [-0.25, -0.2) is 9.59 Å². The maximum absolute atomic E-state index is 11.9. The SMILES string of the molecule is CCOC(=O)c1ccc(/C(CCN(C)C(=O)OC(C)(C)C)=N\O)cc1. The Morgan fingerprint density at radius 3 is 2.20 bits per heavy atom. The summed E-state index contributed by atoms with van der Waals surface area (Å²) in [5.74, 6) is -0.402. The number of rotatable bonds is 6. The Bertz CT molecular complexity index is 617. The van der Waals surface area contributed by atoms with Crippen LogP contribution in [-0.4, -0.2) is 53.7 Å². The number of amides is 1. The van der Waals surface area contributed by atoms with Crippen molar-refractivity contribution in [1.29, 1.82) is 0 Å². The Hall–Kier alpha value is -2.57. The molecule has 0 bridgehead atoms. The van der Waals surface area contributed by atoms with E-state index in [-0.39, 0.29) is 0 Å². The molecule has 0 saturated carbocycles. The Morgan fingerprint density at radius 1 is 1.16 bits per heavy atom. The van der Waals surface area contributed by atoms with Crippen molar-refractivity contribution < 1.29 is 24.3 Å². The number of hydrogen-bond acceptors (Lipinski definition) is 6. The standard InChI is InChI=1S/C18H26N2O5/c1-6-24-16(21)14-9-7-13(8-10-14)15(19-23)11-12-20(5)17(22)25-18(2,3)4/h7-10,23H,6,11-12H2,1-5H3/b19-15-. The lowest BCUT2D eigenvalue weighted by Crippen LogP contribution is -2.35. The molecule has 25 heavy (non-hydrogen) atoms. The van der Waals surface area contributed by atoms with Crippen molar-refractivity contribution in [2.45, 2.75) is 39.7 Å². The average Bonchev–Trinajstić information content (AvgIpc) is 2.54. The third-order valence-electron chi connectivity index (χ3n) is 3.24. The molecule has 0 atom stereocenters. The van der Waals surface area contributed by atoms with Gasteiger partial charge in [-0.3, -0.25) is 0 Å². The molecule has 0 aromatic heterocycles. The third-order valence-corrected chi connectivity index (χ3v) is 3.24. The summed E-state index contributed by atoms with van der Waals surface area (Å²) in [5.41, 5.74) is 0.926. The van der Waals surface area contributed by atoms with Gasteiger partial charge in [0.05, 0.1) is 17.9 Å². The number of ether oxygens (including phenoxy) is 2. The molecule has 1 N–H and O–H groups in total. The highest BCUT2D eigenvalue weighted by molar-refractivity contribution is 6.01. The van der Waals surface area contributed by atoms with Gasteiger partial charge < -0.3 is 19.6 Å². The molecule has 7 heteroatoms. The zero-order valence-electron chi connectivity index (χ0n) is 15.4. The summed E-state index contributed by atoms with van der Waals surface area (Å²) in [6, 6.07) is 6.57. The molecule has 0 spiro atoms. The van der Waals surface area contributed by atoms with Gasteiger partial charge in [-0.1, -0.05) is 17.3 Å². The molecule has 0 fully saturated rings.